The van der Waals surface area contributed by atoms with Gasteiger partial charge in [0.2, 0.25) is 0 Å². The van der Waals surface area contributed by atoms with Crippen LogP contribution in [0.25, 0.3) is 0 Å². The minimum atomic E-state index is -0.613. The number of nitrogens with one attached hydrogen (secondary N) is 1. The van der Waals surface area contributed by atoms with Gasteiger partial charge in [-0.1, -0.05) is 17.7 Å². The predicted molar refractivity (Wildman–Crippen MR) is 86.6 cm³/mol. The van der Waals surface area contributed by atoms with Crippen LogP contribution in [0.15, 0.2) is 36.5 Å². The number of hydrogen-bond donors (Lipinski definition) is 1. The molecule has 2 aromatic rings. The molecule has 0 radical (unpaired) electrons. The Morgan fingerprint density at radius 1 is 1.17 bits per heavy atom. The molecular weight excluding hydrogens is 316 g/mol. The van der Waals surface area contributed by atoms with Gasteiger partial charge in [-0.15, -0.1) is 0 Å². The monoisotopic (exact) mass is 330 g/mol. The van der Waals surface area contributed by atoms with E-state index in [1.165, 1.54) is 29.5 Å². The van der Waals surface area contributed by atoms with Gasteiger partial charge in [0.05, 0.1) is 5.56 Å². The summed E-state index contributed by atoms with van der Waals surface area (Å²) in [4.78, 5) is 27.5. The van der Waals surface area contributed by atoms with E-state index < -0.39 is 5.97 Å². The number of esters is 1. The molecule has 118 valence electrons. The molecule has 6 heteroatoms. The average Bonchev–Trinajstić information content (AvgIpc) is 3.00. The topological polar surface area (TPSA) is 68.3 Å². The second kappa shape index (κ2) is 6.79. The molecule has 0 atom stereocenters. The van der Waals surface area contributed by atoms with E-state index in [9.17, 15) is 9.59 Å². The second-order valence-corrected chi connectivity index (χ2v) is 5.72. The van der Waals surface area contributed by atoms with Crippen molar-refractivity contribution in [2.75, 3.05) is 11.9 Å². The van der Waals surface area contributed by atoms with E-state index in [0.717, 1.165) is 24.9 Å². The molecule has 1 aromatic carbocycles. The van der Waals surface area contributed by atoms with E-state index in [-0.39, 0.29) is 23.2 Å². The Kier molecular flexibility index (Phi) is 4.57. The van der Waals surface area contributed by atoms with Crippen LogP contribution in [0.4, 0.5) is 5.69 Å². The van der Waals surface area contributed by atoms with Gasteiger partial charge in [0, 0.05) is 11.9 Å². The third-order valence-corrected chi connectivity index (χ3v) is 3.89. The number of fused-ring (bicyclic) bond motifs is 1. The number of hydrogen-bond acceptors (Lipinski definition) is 4. The molecule has 1 aliphatic rings. The molecule has 1 aliphatic carbocycles. The zero-order chi connectivity index (χ0) is 16.2. The lowest BCUT2D eigenvalue weighted by molar-refractivity contribution is -0.119. The molecule has 0 saturated carbocycles. The smallest absolute Gasteiger partial charge is 0.338 e. The van der Waals surface area contributed by atoms with Crippen molar-refractivity contribution < 1.29 is 14.3 Å². The third kappa shape index (κ3) is 3.87. The van der Waals surface area contributed by atoms with Crippen molar-refractivity contribution in [3.8, 4) is 0 Å². The number of amides is 1. The van der Waals surface area contributed by atoms with Crippen molar-refractivity contribution in [1.82, 2.24) is 4.98 Å². The quantitative estimate of drug-likeness (QED) is 0.691. The van der Waals surface area contributed by atoms with Gasteiger partial charge < -0.3 is 10.1 Å². The maximum absolute atomic E-state index is 11.9. The molecule has 5 nitrogen and oxygen atoms in total. The Bertz CT molecular complexity index is 761. The van der Waals surface area contributed by atoms with Crippen molar-refractivity contribution in [3.05, 3.63) is 58.4 Å². The highest BCUT2D eigenvalue weighted by Crippen LogP contribution is 2.24. The first-order valence-corrected chi connectivity index (χ1v) is 7.70. The number of benzene rings is 1. The largest absolute Gasteiger partial charge is 0.452 e. The molecule has 23 heavy (non-hydrogen) atoms. The average molecular weight is 331 g/mol. The van der Waals surface area contributed by atoms with Crippen LogP contribution in [0, 0.1) is 0 Å². The fourth-order valence-corrected chi connectivity index (χ4v) is 2.76. The van der Waals surface area contributed by atoms with Gasteiger partial charge in [-0.2, -0.15) is 0 Å². The highest BCUT2D eigenvalue weighted by molar-refractivity contribution is 6.29. The Morgan fingerprint density at radius 2 is 2.00 bits per heavy atom. The number of anilines is 1. The molecule has 0 fully saturated rings. The van der Waals surface area contributed by atoms with Crippen molar-refractivity contribution in [2.45, 2.75) is 19.3 Å². The van der Waals surface area contributed by atoms with Crippen LogP contribution in [0.1, 0.15) is 27.9 Å². The maximum Gasteiger partial charge on any atom is 0.338 e. The van der Waals surface area contributed by atoms with E-state index >= 15 is 0 Å². The summed E-state index contributed by atoms with van der Waals surface area (Å²) in [5, 5.41) is 2.93. The van der Waals surface area contributed by atoms with Crippen LogP contribution in [-0.4, -0.2) is 23.5 Å². The maximum atomic E-state index is 11.9. The molecule has 1 heterocycles. The summed E-state index contributed by atoms with van der Waals surface area (Å²) in [6, 6.07) is 8.75. The minimum Gasteiger partial charge on any atom is -0.452 e. The number of carbonyl (C=O) groups is 2. The summed E-state index contributed by atoms with van der Waals surface area (Å²) < 4.78 is 4.97. The summed E-state index contributed by atoms with van der Waals surface area (Å²) in [6.45, 7) is -0.351. The van der Waals surface area contributed by atoms with Gasteiger partial charge in [0.1, 0.15) is 5.15 Å². The van der Waals surface area contributed by atoms with Gasteiger partial charge >= 0.3 is 5.97 Å². The number of halogens is 1. The zero-order valence-corrected chi connectivity index (χ0v) is 13.1. The van der Waals surface area contributed by atoms with Crippen LogP contribution < -0.4 is 5.32 Å². The normalized spacial score (nSPS) is 12.6. The van der Waals surface area contributed by atoms with Crippen LogP contribution in [0.5, 0.6) is 0 Å². The molecule has 1 amide bonds. The summed E-state index contributed by atoms with van der Waals surface area (Å²) in [5.74, 6) is -0.991. The Balaban J connectivity index is 1.54. The summed E-state index contributed by atoms with van der Waals surface area (Å²) >= 11 is 5.71. The molecule has 0 spiro atoms. The fourth-order valence-electron chi connectivity index (χ4n) is 2.59. The Hall–Kier alpha value is -2.40. The number of carbonyl (C=O) groups excluding carboxylic acids is 2. The molecular formula is C17H15ClN2O3. The molecule has 3 rings (SSSR count). The minimum absolute atomic E-state index is 0.196. The predicted octanol–water partition coefficient (Wildman–Crippen LogP) is 3.02. The highest BCUT2D eigenvalue weighted by atomic mass is 35.5. The number of rotatable bonds is 4. The highest BCUT2D eigenvalue weighted by Gasteiger charge is 2.13. The Labute approximate surface area is 138 Å². The van der Waals surface area contributed by atoms with Gasteiger partial charge in [-0.05, 0) is 54.7 Å². The summed E-state index contributed by atoms with van der Waals surface area (Å²) in [7, 11) is 0. The Morgan fingerprint density at radius 3 is 2.83 bits per heavy atom. The van der Waals surface area contributed by atoms with Gasteiger partial charge in [-0.3, -0.25) is 4.79 Å². The molecule has 0 bridgehead atoms. The SMILES string of the molecule is O=C(COC(=O)c1ccnc(Cl)c1)Nc1ccc2c(c1)CCC2. The van der Waals surface area contributed by atoms with Crippen molar-refractivity contribution >= 4 is 29.2 Å². The first-order chi connectivity index (χ1) is 11.1. The van der Waals surface area contributed by atoms with Crippen molar-refractivity contribution in [1.29, 1.82) is 0 Å². The lowest BCUT2D eigenvalue weighted by Crippen LogP contribution is -2.21. The number of aromatic nitrogens is 1. The van der Waals surface area contributed by atoms with E-state index in [1.54, 1.807) is 0 Å². The fraction of sp³-hybridized carbons (Fsp3) is 0.235. The number of pyridine rings is 1. The zero-order valence-electron chi connectivity index (χ0n) is 12.3. The number of nitrogens with zero attached hydrogens (tertiary/aromatic N) is 1. The number of aryl methyl sites for hydroxylation is 2. The molecule has 0 saturated heterocycles. The third-order valence-electron chi connectivity index (χ3n) is 3.68. The first kappa shape index (κ1) is 15.5. The standard InChI is InChI=1S/C17H15ClN2O3/c18-15-9-13(6-7-19-15)17(22)23-10-16(21)20-14-5-4-11-2-1-3-12(11)8-14/h4-9H,1-3,10H2,(H,20,21). The molecule has 0 unspecified atom stereocenters. The van der Waals surface area contributed by atoms with Gasteiger partial charge in [0.15, 0.2) is 6.61 Å². The number of ether oxygens (including phenoxy) is 1. The lowest BCUT2D eigenvalue weighted by Gasteiger charge is -2.08. The summed E-state index contributed by atoms with van der Waals surface area (Å²) in [5.41, 5.74) is 3.59. The van der Waals surface area contributed by atoms with Crippen LogP contribution >= 0.6 is 11.6 Å². The molecule has 1 aromatic heterocycles. The lowest BCUT2D eigenvalue weighted by atomic mass is 10.1. The van der Waals surface area contributed by atoms with Crippen molar-refractivity contribution in [3.63, 3.8) is 0 Å². The van der Waals surface area contributed by atoms with Gasteiger partial charge in [0.25, 0.3) is 5.91 Å². The van der Waals surface area contributed by atoms with Crippen LogP contribution in [0.3, 0.4) is 0 Å². The molecule has 0 aliphatic heterocycles. The van der Waals surface area contributed by atoms with Crippen LogP contribution in [-0.2, 0) is 22.4 Å². The van der Waals surface area contributed by atoms with E-state index in [2.05, 4.69) is 10.3 Å². The van der Waals surface area contributed by atoms with Crippen LogP contribution in [0.2, 0.25) is 5.15 Å². The second-order valence-electron chi connectivity index (χ2n) is 5.33. The van der Waals surface area contributed by atoms with E-state index in [4.69, 9.17) is 16.3 Å². The van der Waals surface area contributed by atoms with Gasteiger partial charge in [-0.25, -0.2) is 9.78 Å². The van der Waals surface area contributed by atoms with E-state index in [1.807, 2.05) is 18.2 Å². The van der Waals surface area contributed by atoms with E-state index in [0.29, 0.717) is 0 Å². The molecule has 1 N–H and O–H groups in total. The van der Waals surface area contributed by atoms with Crippen molar-refractivity contribution in [2.24, 2.45) is 0 Å². The first-order valence-electron chi connectivity index (χ1n) is 7.32. The summed E-state index contributed by atoms with van der Waals surface area (Å²) in [6.07, 6.45) is 4.69.